The molecule has 8 heteroatoms. The molecule has 0 aliphatic heterocycles. The van der Waals surface area contributed by atoms with Crippen LogP contribution in [-0.2, 0) is 10.2 Å². The van der Waals surface area contributed by atoms with Crippen LogP contribution in [0, 0.1) is 0 Å². The van der Waals surface area contributed by atoms with Crippen molar-refractivity contribution in [3.05, 3.63) is 28.8 Å². The van der Waals surface area contributed by atoms with Gasteiger partial charge in [-0.25, -0.2) is 0 Å². The molecule has 19 heavy (non-hydrogen) atoms. The number of nitrogens with one attached hydrogen (secondary N) is 2. The lowest BCUT2D eigenvalue weighted by atomic mass is 10.1. The molecule has 1 aromatic carbocycles. The van der Waals surface area contributed by atoms with Crippen LogP contribution in [-0.4, -0.2) is 18.9 Å². The maximum absolute atomic E-state index is 11.9. The normalized spacial score (nSPS) is 12.2. The second-order valence-corrected chi connectivity index (χ2v) is 7.28. The Morgan fingerprint density at radius 3 is 2.42 bits per heavy atom. The number of hydrogen-bond acceptors (Lipinski definition) is 3. The second kappa shape index (κ2) is 5.62. The summed E-state index contributed by atoms with van der Waals surface area (Å²) in [5.41, 5.74) is 5.66. The topological polar surface area (TPSA) is 84.2 Å². The SMILES string of the molecule is CC(C)(C)NS(=O)(=O)Nc1cc(C(N)=S)ccc1Cl. The number of benzene rings is 1. The van der Waals surface area contributed by atoms with Crippen LogP contribution in [0.4, 0.5) is 5.69 Å². The number of halogens is 1. The van der Waals surface area contributed by atoms with E-state index in [4.69, 9.17) is 29.6 Å². The van der Waals surface area contributed by atoms with Crippen molar-refractivity contribution in [2.45, 2.75) is 26.3 Å². The molecular weight excluding hydrogens is 306 g/mol. The third-order valence-electron chi connectivity index (χ3n) is 1.94. The summed E-state index contributed by atoms with van der Waals surface area (Å²) in [6, 6.07) is 4.65. The van der Waals surface area contributed by atoms with Crippen molar-refractivity contribution in [3.8, 4) is 0 Å². The van der Waals surface area contributed by atoms with E-state index in [2.05, 4.69) is 9.44 Å². The van der Waals surface area contributed by atoms with Crippen molar-refractivity contribution in [1.29, 1.82) is 0 Å². The lowest BCUT2D eigenvalue weighted by molar-refractivity contribution is 0.494. The average molecular weight is 322 g/mol. The third-order valence-corrected chi connectivity index (χ3v) is 3.87. The fourth-order valence-corrected chi connectivity index (χ4v) is 2.99. The zero-order chi connectivity index (χ0) is 14.8. The van der Waals surface area contributed by atoms with Gasteiger partial charge >= 0.3 is 0 Å². The fraction of sp³-hybridized carbons (Fsp3) is 0.364. The van der Waals surface area contributed by atoms with E-state index >= 15 is 0 Å². The van der Waals surface area contributed by atoms with Crippen LogP contribution in [0.25, 0.3) is 0 Å². The molecule has 4 N–H and O–H groups in total. The molecule has 5 nitrogen and oxygen atoms in total. The van der Waals surface area contributed by atoms with E-state index in [0.717, 1.165) is 0 Å². The minimum absolute atomic E-state index is 0.167. The number of hydrogen-bond donors (Lipinski definition) is 3. The first-order valence-electron chi connectivity index (χ1n) is 5.41. The Bertz CT molecular complexity index is 594. The smallest absolute Gasteiger partial charge is 0.299 e. The Balaban J connectivity index is 3.05. The summed E-state index contributed by atoms with van der Waals surface area (Å²) in [5.74, 6) is 0. The van der Waals surface area contributed by atoms with Gasteiger partial charge in [0, 0.05) is 11.1 Å². The molecule has 1 rings (SSSR count). The number of thiocarbonyl (C=S) groups is 1. The number of anilines is 1. The van der Waals surface area contributed by atoms with E-state index in [1.165, 1.54) is 12.1 Å². The van der Waals surface area contributed by atoms with Crippen LogP contribution in [0.1, 0.15) is 26.3 Å². The minimum atomic E-state index is -3.73. The molecule has 0 aliphatic carbocycles. The summed E-state index contributed by atoms with van der Waals surface area (Å²) in [6.45, 7) is 5.21. The zero-order valence-electron chi connectivity index (χ0n) is 10.8. The standard InChI is InChI=1S/C11H16ClN3O2S2/c1-11(2,3)15-19(16,17)14-9-6-7(10(13)18)4-5-8(9)12/h4-6,14-15H,1-3H3,(H2,13,18). The van der Waals surface area contributed by atoms with Gasteiger partial charge in [0.2, 0.25) is 0 Å². The van der Waals surface area contributed by atoms with E-state index < -0.39 is 15.7 Å². The fourth-order valence-electron chi connectivity index (χ4n) is 1.33. The van der Waals surface area contributed by atoms with Gasteiger partial charge in [0.05, 0.1) is 10.7 Å². The summed E-state index contributed by atoms with van der Waals surface area (Å²) in [4.78, 5) is 0.167. The first-order valence-corrected chi connectivity index (χ1v) is 7.68. The minimum Gasteiger partial charge on any atom is -0.389 e. The molecule has 0 atom stereocenters. The van der Waals surface area contributed by atoms with Gasteiger partial charge in [0.15, 0.2) is 0 Å². The predicted molar refractivity (Wildman–Crippen MR) is 82.8 cm³/mol. The number of nitrogens with two attached hydrogens (primary N) is 1. The van der Waals surface area contributed by atoms with Gasteiger partial charge in [-0.1, -0.05) is 29.9 Å². The van der Waals surface area contributed by atoms with Gasteiger partial charge in [-0.2, -0.15) is 13.1 Å². The van der Waals surface area contributed by atoms with Crippen molar-refractivity contribution in [2.24, 2.45) is 5.73 Å². The Hall–Kier alpha value is -0.890. The van der Waals surface area contributed by atoms with Gasteiger partial charge in [-0.15, -0.1) is 0 Å². The maximum atomic E-state index is 11.9. The third kappa shape index (κ3) is 5.32. The van der Waals surface area contributed by atoms with Crippen LogP contribution in [0.2, 0.25) is 5.02 Å². The van der Waals surface area contributed by atoms with Gasteiger partial charge in [-0.3, -0.25) is 4.72 Å². The lowest BCUT2D eigenvalue weighted by Gasteiger charge is -2.21. The van der Waals surface area contributed by atoms with E-state index in [1.54, 1.807) is 26.8 Å². The molecule has 0 aromatic heterocycles. The predicted octanol–water partition coefficient (Wildman–Crippen LogP) is 2.02. The summed E-state index contributed by atoms with van der Waals surface area (Å²) in [6.07, 6.45) is 0. The van der Waals surface area contributed by atoms with Crippen molar-refractivity contribution in [3.63, 3.8) is 0 Å². The highest BCUT2D eigenvalue weighted by molar-refractivity contribution is 7.90. The molecule has 0 radical (unpaired) electrons. The molecule has 0 heterocycles. The maximum Gasteiger partial charge on any atom is 0.299 e. The van der Waals surface area contributed by atoms with E-state index in [-0.39, 0.29) is 15.7 Å². The van der Waals surface area contributed by atoms with E-state index in [1.807, 2.05) is 0 Å². The Morgan fingerprint density at radius 1 is 1.37 bits per heavy atom. The van der Waals surface area contributed by atoms with Crippen molar-refractivity contribution >= 4 is 44.7 Å². The van der Waals surface area contributed by atoms with Crippen LogP contribution in [0.3, 0.4) is 0 Å². The number of rotatable bonds is 4. The molecule has 0 bridgehead atoms. The molecular formula is C11H16ClN3O2S2. The lowest BCUT2D eigenvalue weighted by Crippen LogP contribution is -2.43. The van der Waals surface area contributed by atoms with Crippen molar-refractivity contribution in [2.75, 3.05) is 4.72 Å². The highest BCUT2D eigenvalue weighted by atomic mass is 35.5. The molecule has 0 unspecified atom stereocenters. The summed E-state index contributed by atoms with van der Waals surface area (Å²) in [5, 5.41) is 0.263. The van der Waals surface area contributed by atoms with Crippen molar-refractivity contribution in [1.82, 2.24) is 4.72 Å². The summed E-state index contributed by atoms with van der Waals surface area (Å²) in [7, 11) is -3.73. The van der Waals surface area contributed by atoms with Gasteiger partial charge < -0.3 is 5.73 Å². The monoisotopic (exact) mass is 321 g/mol. The van der Waals surface area contributed by atoms with E-state index in [9.17, 15) is 8.42 Å². The average Bonchev–Trinajstić information content (AvgIpc) is 2.16. The first kappa shape index (κ1) is 16.2. The summed E-state index contributed by atoms with van der Waals surface area (Å²) < 4.78 is 28.6. The Labute approximate surface area is 123 Å². The van der Waals surface area contributed by atoms with Gasteiger partial charge in [0.1, 0.15) is 4.99 Å². The Morgan fingerprint density at radius 2 is 1.95 bits per heavy atom. The molecule has 0 amide bonds. The molecule has 0 fully saturated rings. The molecule has 1 aromatic rings. The van der Waals surface area contributed by atoms with E-state index in [0.29, 0.717) is 5.56 Å². The Kier molecular flexibility index (Phi) is 4.78. The second-order valence-electron chi connectivity index (χ2n) is 5.02. The van der Waals surface area contributed by atoms with Gasteiger partial charge in [-0.05, 0) is 32.9 Å². The quantitative estimate of drug-likeness (QED) is 0.741. The highest BCUT2D eigenvalue weighted by Gasteiger charge is 2.20. The molecule has 0 aliphatic rings. The zero-order valence-corrected chi connectivity index (χ0v) is 13.2. The molecule has 0 spiro atoms. The van der Waals surface area contributed by atoms with Crippen molar-refractivity contribution < 1.29 is 8.42 Å². The largest absolute Gasteiger partial charge is 0.389 e. The first-order chi connectivity index (χ1) is 8.50. The van der Waals surface area contributed by atoms with Gasteiger partial charge in [0.25, 0.3) is 10.2 Å². The summed E-state index contributed by atoms with van der Waals surface area (Å²) >= 11 is 10.8. The highest BCUT2D eigenvalue weighted by Crippen LogP contribution is 2.24. The molecule has 0 saturated carbocycles. The van der Waals surface area contributed by atoms with Crippen LogP contribution in [0.15, 0.2) is 18.2 Å². The van der Waals surface area contributed by atoms with Crippen LogP contribution >= 0.6 is 23.8 Å². The van der Waals surface area contributed by atoms with Crippen LogP contribution < -0.4 is 15.2 Å². The molecule has 0 saturated heterocycles. The molecule has 106 valence electrons. The van der Waals surface area contributed by atoms with Crippen LogP contribution in [0.5, 0.6) is 0 Å².